The summed E-state index contributed by atoms with van der Waals surface area (Å²) in [4.78, 5) is 13.7. The van der Waals surface area contributed by atoms with Crippen LogP contribution in [0.1, 0.15) is 6.92 Å². The third-order valence-corrected chi connectivity index (χ3v) is 1.75. The van der Waals surface area contributed by atoms with Gasteiger partial charge in [-0.2, -0.15) is 0 Å². The van der Waals surface area contributed by atoms with E-state index in [0.29, 0.717) is 12.4 Å². The predicted molar refractivity (Wildman–Crippen MR) is 54.9 cm³/mol. The summed E-state index contributed by atoms with van der Waals surface area (Å²) in [6.07, 6.45) is 1.16. The highest BCUT2D eigenvalue weighted by Crippen LogP contribution is 2.14. The van der Waals surface area contributed by atoms with Crippen LogP contribution in [0, 0.1) is 10.1 Å². The molecular weight excluding hydrogens is 198 g/mol. The molecule has 0 amide bonds. The zero-order valence-corrected chi connectivity index (χ0v) is 8.64. The molecule has 0 saturated heterocycles. The minimum absolute atomic E-state index is 0.0241. The zero-order chi connectivity index (χ0) is 11.3. The molecule has 0 radical (unpaired) electrons. The molecule has 1 atom stereocenters. The van der Waals surface area contributed by atoms with Crippen molar-refractivity contribution in [3.05, 3.63) is 28.4 Å². The summed E-state index contributed by atoms with van der Waals surface area (Å²) < 4.78 is 5.39. The third kappa shape index (κ3) is 3.51. The van der Waals surface area contributed by atoms with Crippen LogP contribution in [-0.4, -0.2) is 29.6 Å². The maximum Gasteiger partial charge on any atom is 0.287 e. The van der Waals surface area contributed by atoms with E-state index < -0.39 is 4.92 Å². The molecule has 1 N–H and O–H groups in total. The summed E-state index contributed by atoms with van der Waals surface area (Å²) in [6.45, 7) is 2.58. The number of rotatable bonds is 5. The van der Waals surface area contributed by atoms with E-state index in [1.54, 1.807) is 0 Å². The van der Waals surface area contributed by atoms with Crippen LogP contribution in [0.2, 0.25) is 0 Å². The minimum Gasteiger partial charge on any atom is -0.473 e. The maximum absolute atomic E-state index is 10.4. The first-order valence-corrected chi connectivity index (χ1v) is 4.55. The molecule has 0 aliphatic heterocycles. The molecule has 1 unspecified atom stereocenters. The van der Waals surface area contributed by atoms with E-state index in [2.05, 4.69) is 10.3 Å². The van der Waals surface area contributed by atoms with Crippen molar-refractivity contribution in [2.75, 3.05) is 13.6 Å². The lowest BCUT2D eigenvalue weighted by molar-refractivity contribution is -0.385. The SMILES string of the molecule is CNCC(C)Oc1ccc([N+](=O)[O-])cn1. The summed E-state index contributed by atoms with van der Waals surface area (Å²) in [6, 6.07) is 2.86. The summed E-state index contributed by atoms with van der Waals surface area (Å²) in [5.74, 6) is 0.392. The van der Waals surface area contributed by atoms with Crippen molar-refractivity contribution in [3.8, 4) is 5.88 Å². The molecule has 1 aromatic heterocycles. The van der Waals surface area contributed by atoms with Crippen molar-refractivity contribution in [1.82, 2.24) is 10.3 Å². The normalized spacial score (nSPS) is 12.1. The largest absolute Gasteiger partial charge is 0.473 e. The molecule has 6 heteroatoms. The Hall–Kier alpha value is -1.69. The van der Waals surface area contributed by atoms with Gasteiger partial charge in [0.1, 0.15) is 12.3 Å². The molecule has 15 heavy (non-hydrogen) atoms. The monoisotopic (exact) mass is 211 g/mol. The highest BCUT2D eigenvalue weighted by Gasteiger charge is 2.07. The molecule has 0 aliphatic rings. The second kappa shape index (κ2) is 5.26. The molecule has 82 valence electrons. The fourth-order valence-electron chi connectivity index (χ4n) is 1.09. The molecule has 1 heterocycles. The van der Waals surface area contributed by atoms with Gasteiger partial charge in [0.25, 0.3) is 5.69 Å². The average Bonchev–Trinajstić information content (AvgIpc) is 2.18. The Morgan fingerprint density at radius 3 is 2.87 bits per heavy atom. The van der Waals surface area contributed by atoms with Gasteiger partial charge < -0.3 is 10.1 Å². The van der Waals surface area contributed by atoms with Crippen LogP contribution in [0.5, 0.6) is 5.88 Å². The summed E-state index contributed by atoms with van der Waals surface area (Å²) in [7, 11) is 1.82. The molecule has 1 aromatic rings. The average molecular weight is 211 g/mol. The Labute approximate surface area is 87.4 Å². The zero-order valence-electron chi connectivity index (χ0n) is 8.64. The van der Waals surface area contributed by atoms with Gasteiger partial charge in [-0.3, -0.25) is 10.1 Å². The van der Waals surface area contributed by atoms with E-state index in [1.807, 2.05) is 14.0 Å². The van der Waals surface area contributed by atoms with E-state index in [0.717, 1.165) is 0 Å². The second-order valence-electron chi connectivity index (χ2n) is 3.10. The van der Waals surface area contributed by atoms with Crippen LogP contribution >= 0.6 is 0 Å². The molecule has 0 aliphatic carbocycles. The number of nitrogens with one attached hydrogen (secondary N) is 1. The van der Waals surface area contributed by atoms with Crippen LogP contribution in [0.4, 0.5) is 5.69 Å². The van der Waals surface area contributed by atoms with E-state index in [-0.39, 0.29) is 11.8 Å². The number of hydrogen-bond acceptors (Lipinski definition) is 5. The highest BCUT2D eigenvalue weighted by molar-refractivity contribution is 5.28. The number of nitrogens with zero attached hydrogens (tertiary/aromatic N) is 2. The molecule has 0 bridgehead atoms. The van der Waals surface area contributed by atoms with Crippen molar-refractivity contribution >= 4 is 5.69 Å². The number of nitro groups is 1. The molecule has 6 nitrogen and oxygen atoms in total. The highest BCUT2D eigenvalue weighted by atomic mass is 16.6. The van der Waals surface area contributed by atoms with Crippen LogP contribution in [0.25, 0.3) is 0 Å². The first-order valence-electron chi connectivity index (χ1n) is 4.55. The van der Waals surface area contributed by atoms with E-state index in [9.17, 15) is 10.1 Å². The van der Waals surface area contributed by atoms with E-state index in [4.69, 9.17) is 4.74 Å². The molecule has 0 aromatic carbocycles. The van der Waals surface area contributed by atoms with Crippen molar-refractivity contribution in [2.45, 2.75) is 13.0 Å². The van der Waals surface area contributed by atoms with E-state index >= 15 is 0 Å². The number of hydrogen-bond donors (Lipinski definition) is 1. The number of ether oxygens (including phenoxy) is 1. The fourth-order valence-corrected chi connectivity index (χ4v) is 1.09. The number of pyridine rings is 1. The van der Waals surface area contributed by atoms with Gasteiger partial charge in [0.15, 0.2) is 0 Å². The Kier molecular flexibility index (Phi) is 3.99. The van der Waals surface area contributed by atoms with Crippen LogP contribution in [-0.2, 0) is 0 Å². The Bertz CT molecular complexity index is 326. The van der Waals surface area contributed by atoms with Crippen LogP contribution < -0.4 is 10.1 Å². The lowest BCUT2D eigenvalue weighted by atomic mass is 10.4. The predicted octanol–water partition coefficient (Wildman–Crippen LogP) is 0.976. The van der Waals surface area contributed by atoms with Crippen molar-refractivity contribution in [1.29, 1.82) is 0 Å². The molecular formula is C9H13N3O3. The number of likely N-dealkylation sites (N-methyl/N-ethyl adjacent to an activating group) is 1. The summed E-state index contributed by atoms with van der Waals surface area (Å²) >= 11 is 0. The third-order valence-electron chi connectivity index (χ3n) is 1.75. The van der Waals surface area contributed by atoms with Crippen LogP contribution in [0.15, 0.2) is 18.3 Å². The van der Waals surface area contributed by atoms with Gasteiger partial charge in [-0.25, -0.2) is 4.98 Å². The van der Waals surface area contributed by atoms with E-state index in [1.165, 1.54) is 18.3 Å². The summed E-state index contributed by atoms with van der Waals surface area (Å²) in [5.41, 5.74) is -0.0383. The van der Waals surface area contributed by atoms with Gasteiger partial charge in [0.2, 0.25) is 5.88 Å². The van der Waals surface area contributed by atoms with Crippen molar-refractivity contribution in [3.63, 3.8) is 0 Å². The smallest absolute Gasteiger partial charge is 0.287 e. The Balaban J connectivity index is 2.60. The quantitative estimate of drug-likeness (QED) is 0.580. The fraction of sp³-hybridized carbons (Fsp3) is 0.444. The van der Waals surface area contributed by atoms with Gasteiger partial charge in [-0.1, -0.05) is 0 Å². The topological polar surface area (TPSA) is 77.3 Å². The lowest BCUT2D eigenvalue weighted by Crippen LogP contribution is -2.26. The van der Waals surface area contributed by atoms with Gasteiger partial charge in [-0.05, 0) is 14.0 Å². The first kappa shape index (κ1) is 11.4. The molecule has 0 saturated carbocycles. The van der Waals surface area contributed by atoms with Gasteiger partial charge >= 0.3 is 0 Å². The Morgan fingerprint density at radius 2 is 2.40 bits per heavy atom. The standard InChI is InChI=1S/C9H13N3O3/c1-7(5-10-2)15-9-4-3-8(6-11-9)12(13)14/h3-4,6-7,10H,5H2,1-2H3. The van der Waals surface area contributed by atoms with Crippen molar-refractivity contribution in [2.24, 2.45) is 0 Å². The Morgan fingerprint density at radius 1 is 1.67 bits per heavy atom. The second-order valence-corrected chi connectivity index (χ2v) is 3.10. The number of aromatic nitrogens is 1. The lowest BCUT2D eigenvalue weighted by Gasteiger charge is -2.12. The molecule has 0 spiro atoms. The minimum atomic E-state index is -0.492. The molecule has 0 fully saturated rings. The first-order chi connectivity index (χ1) is 7.13. The molecule has 1 rings (SSSR count). The van der Waals surface area contributed by atoms with Gasteiger partial charge in [0.05, 0.1) is 4.92 Å². The maximum atomic E-state index is 10.4. The van der Waals surface area contributed by atoms with Gasteiger partial charge in [0, 0.05) is 18.7 Å². The van der Waals surface area contributed by atoms with Crippen LogP contribution in [0.3, 0.4) is 0 Å². The summed E-state index contributed by atoms with van der Waals surface area (Å²) in [5, 5.41) is 13.3. The van der Waals surface area contributed by atoms with Gasteiger partial charge in [-0.15, -0.1) is 0 Å². The van der Waals surface area contributed by atoms with Crippen molar-refractivity contribution < 1.29 is 9.66 Å².